The number of benzene rings is 2. The maximum Gasteiger partial charge on any atom is 0.196 e. The van der Waals surface area contributed by atoms with E-state index >= 15 is 0 Å². The smallest absolute Gasteiger partial charge is 0.196 e. The molecule has 0 radical (unpaired) electrons. The fraction of sp³-hybridized carbons (Fsp3) is 0.0476. The van der Waals surface area contributed by atoms with Gasteiger partial charge in [-0.25, -0.2) is 4.98 Å². The predicted octanol–water partition coefficient (Wildman–Crippen LogP) is 4.23. The normalized spacial score (nSPS) is 11.5. The molecule has 2 aromatic heterocycles. The summed E-state index contributed by atoms with van der Waals surface area (Å²) in [5, 5.41) is 10.4. The third kappa shape index (κ3) is 3.47. The van der Waals surface area contributed by atoms with Crippen molar-refractivity contribution in [3.8, 4) is 16.9 Å². The van der Waals surface area contributed by atoms with Gasteiger partial charge in [-0.15, -0.1) is 11.3 Å². The number of para-hydroxylation sites is 1. The van der Waals surface area contributed by atoms with Crippen molar-refractivity contribution < 1.29 is 0 Å². The van der Waals surface area contributed by atoms with Crippen LogP contribution in [-0.4, -0.2) is 20.4 Å². The summed E-state index contributed by atoms with van der Waals surface area (Å²) in [4.78, 5) is 13.5. The van der Waals surface area contributed by atoms with Gasteiger partial charge >= 0.3 is 0 Å². The number of hydrogen-bond donors (Lipinski definition) is 1. The van der Waals surface area contributed by atoms with E-state index in [-0.39, 0.29) is 5.84 Å². The number of hydrogen-bond acceptors (Lipinski definition) is 4. The second-order valence-electron chi connectivity index (χ2n) is 5.94. The Morgan fingerprint density at radius 1 is 1.04 bits per heavy atom. The van der Waals surface area contributed by atoms with Gasteiger partial charge in [0.15, 0.2) is 10.6 Å². The maximum atomic E-state index is 8.32. The summed E-state index contributed by atoms with van der Waals surface area (Å²) in [7, 11) is 0. The molecule has 0 amide bonds. The summed E-state index contributed by atoms with van der Waals surface area (Å²) in [6.45, 7) is 2.08. The number of amidine groups is 1. The number of nitrogens with zero attached hydrogens (tertiary/aromatic N) is 4. The molecular formula is C21H17N5S. The van der Waals surface area contributed by atoms with Crippen molar-refractivity contribution >= 4 is 17.2 Å². The van der Waals surface area contributed by atoms with Gasteiger partial charge in [0, 0.05) is 17.8 Å². The average Bonchev–Trinajstić information content (AvgIpc) is 3.13. The Morgan fingerprint density at radius 2 is 1.81 bits per heavy atom. The number of nitrogens with one attached hydrogen (secondary N) is 1. The van der Waals surface area contributed by atoms with E-state index in [1.165, 1.54) is 11.3 Å². The Labute approximate surface area is 160 Å². The quantitative estimate of drug-likeness (QED) is 0.432. The minimum Gasteiger partial charge on any atom is -0.285 e. The summed E-state index contributed by atoms with van der Waals surface area (Å²) in [5.41, 5.74) is 4.78. The van der Waals surface area contributed by atoms with Crippen molar-refractivity contribution in [1.82, 2.24) is 14.5 Å². The van der Waals surface area contributed by atoms with E-state index in [0.717, 1.165) is 27.3 Å². The number of rotatable bonds is 3. The number of aryl methyl sites for hydroxylation is 1. The molecule has 0 saturated heterocycles. The molecule has 6 heteroatoms. The van der Waals surface area contributed by atoms with Gasteiger partial charge in [-0.05, 0) is 24.1 Å². The third-order valence-electron chi connectivity index (χ3n) is 4.15. The van der Waals surface area contributed by atoms with E-state index in [1.807, 2.05) is 30.3 Å². The van der Waals surface area contributed by atoms with Crippen LogP contribution in [-0.2, 0) is 0 Å². The van der Waals surface area contributed by atoms with Gasteiger partial charge in [-0.1, -0.05) is 48.5 Å². The van der Waals surface area contributed by atoms with E-state index in [4.69, 9.17) is 5.41 Å². The predicted molar refractivity (Wildman–Crippen MR) is 108 cm³/mol. The molecule has 0 unspecified atom stereocenters. The molecule has 0 aliphatic heterocycles. The van der Waals surface area contributed by atoms with Crippen LogP contribution < -0.4 is 4.80 Å². The van der Waals surface area contributed by atoms with Crippen LogP contribution >= 0.6 is 11.3 Å². The molecule has 0 fully saturated rings. The van der Waals surface area contributed by atoms with Crippen LogP contribution in [0.1, 0.15) is 11.3 Å². The molecule has 2 heterocycles. The summed E-state index contributed by atoms with van der Waals surface area (Å²) in [6, 6.07) is 18.4. The molecule has 4 rings (SSSR count). The molecule has 0 atom stereocenters. The van der Waals surface area contributed by atoms with Crippen molar-refractivity contribution in [3.05, 3.63) is 94.6 Å². The van der Waals surface area contributed by atoms with Gasteiger partial charge in [0.25, 0.3) is 0 Å². The highest BCUT2D eigenvalue weighted by Crippen LogP contribution is 2.24. The zero-order valence-electron chi connectivity index (χ0n) is 14.7. The van der Waals surface area contributed by atoms with Gasteiger partial charge < -0.3 is 0 Å². The van der Waals surface area contributed by atoms with Crippen LogP contribution in [0.3, 0.4) is 0 Å². The first-order chi connectivity index (χ1) is 13.2. The van der Waals surface area contributed by atoms with Crippen molar-refractivity contribution in [3.63, 3.8) is 0 Å². The van der Waals surface area contributed by atoms with Crippen molar-refractivity contribution in [2.75, 3.05) is 0 Å². The molecule has 2 aromatic carbocycles. The molecule has 5 nitrogen and oxygen atoms in total. The standard InChI is InChI=1S/C21H17N5S/c1-15-7-5-6-10-18(15)26-19(16-8-3-2-4-9-16)14-27-21(26)25-20(22)17-13-23-11-12-24-17/h2-14,22H,1H3. The van der Waals surface area contributed by atoms with Crippen molar-refractivity contribution in [2.45, 2.75) is 6.92 Å². The monoisotopic (exact) mass is 371 g/mol. The lowest BCUT2D eigenvalue weighted by Crippen LogP contribution is -2.17. The summed E-state index contributed by atoms with van der Waals surface area (Å²) in [5.74, 6) is 0.0897. The first-order valence-electron chi connectivity index (χ1n) is 8.45. The highest BCUT2D eigenvalue weighted by Gasteiger charge is 2.12. The summed E-state index contributed by atoms with van der Waals surface area (Å²) in [6.07, 6.45) is 4.71. The Morgan fingerprint density at radius 3 is 2.56 bits per heavy atom. The topological polar surface area (TPSA) is 66.9 Å². The van der Waals surface area contributed by atoms with Gasteiger partial charge in [0.1, 0.15) is 5.69 Å². The number of aromatic nitrogens is 3. The Balaban J connectivity index is 1.93. The van der Waals surface area contributed by atoms with Crippen LogP contribution in [0.2, 0.25) is 0 Å². The van der Waals surface area contributed by atoms with E-state index in [0.29, 0.717) is 5.69 Å². The maximum absolute atomic E-state index is 8.32. The fourth-order valence-corrected chi connectivity index (χ4v) is 3.73. The highest BCUT2D eigenvalue weighted by molar-refractivity contribution is 7.07. The van der Waals surface area contributed by atoms with Gasteiger partial charge in [-0.2, -0.15) is 4.99 Å². The molecule has 0 aliphatic rings. The molecule has 0 aliphatic carbocycles. The van der Waals surface area contributed by atoms with Crippen LogP contribution in [0, 0.1) is 12.3 Å². The second kappa shape index (κ2) is 7.47. The Hall–Kier alpha value is -3.38. The Bertz CT molecular complexity index is 1140. The van der Waals surface area contributed by atoms with E-state index in [9.17, 15) is 0 Å². The lowest BCUT2D eigenvalue weighted by atomic mass is 10.1. The van der Waals surface area contributed by atoms with Crippen LogP contribution in [0.5, 0.6) is 0 Å². The molecule has 0 bridgehead atoms. The summed E-state index contributed by atoms with van der Waals surface area (Å²) < 4.78 is 2.10. The van der Waals surface area contributed by atoms with Crippen molar-refractivity contribution in [1.29, 1.82) is 5.41 Å². The average molecular weight is 371 g/mol. The molecule has 0 saturated carbocycles. The first kappa shape index (κ1) is 17.1. The van der Waals surface area contributed by atoms with E-state index in [1.54, 1.807) is 18.6 Å². The van der Waals surface area contributed by atoms with Crippen LogP contribution in [0.15, 0.2) is 83.6 Å². The molecular weight excluding hydrogens is 354 g/mol. The minimum atomic E-state index is 0.0897. The SMILES string of the molecule is Cc1ccccc1-n1c(-c2ccccc2)csc1=NC(=N)c1cnccn1. The largest absolute Gasteiger partial charge is 0.285 e. The zero-order valence-corrected chi connectivity index (χ0v) is 15.5. The van der Waals surface area contributed by atoms with Crippen LogP contribution in [0.4, 0.5) is 0 Å². The van der Waals surface area contributed by atoms with Crippen LogP contribution in [0.25, 0.3) is 16.9 Å². The lowest BCUT2D eigenvalue weighted by molar-refractivity contribution is 1.00. The third-order valence-corrected chi connectivity index (χ3v) is 4.97. The van der Waals surface area contributed by atoms with Gasteiger partial charge in [0.2, 0.25) is 0 Å². The molecule has 27 heavy (non-hydrogen) atoms. The molecule has 1 N–H and O–H groups in total. The van der Waals surface area contributed by atoms with E-state index in [2.05, 4.69) is 56.1 Å². The molecule has 4 aromatic rings. The summed E-state index contributed by atoms with van der Waals surface area (Å²) >= 11 is 1.50. The lowest BCUT2D eigenvalue weighted by Gasteiger charge is -2.12. The van der Waals surface area contributed by atoms with E-state index < -0.39 is 0 Å². The van der Waals surface area contributed by atoms with Gasteiger partial charge in [-0.3, -0.25) is 15.0 Å². The van der Waals surface area contributed by atoms with Crippen molar-refractivity contribution in [2.24, 2.45) is 4.99 Å². The number of thiazole rings is 1. The second-order valence-corrected chi connectivity index (χ2v) is 6.78. The zero-order chi connectivity index (χ0) is 18.6. The fourth-order valence-electron chi connectivity index (χ4n) is 2.82. The minimum absolute atomic E-state index is 0.0897. The highest BCUT2D eigenvalue weighted by atomic mass is 32.1. The molecule has 132 valence electrons. The molecule has 0 spiro atoms. The first-order valence-corrected chi connectivity index (χ1v) is 9.33. The Kier molecular flexibility index (Phi) is 4.72. The van der Waals surface area contributed by atoms with Gasteiger partial charge in [0.05, 0.1) is 17.6 Å².